The Labute approximate surface area is 125 Å². The van der Waals surface area contributed by atoms with Crippen molar-refractivity contribution in [2.24, 2.45) is 5.73 Å². The van der Waals surface area contributed by atoms with Crippen molar-refractivity contribution in [3.05, 3.63) is 40.5 Å². The van der Waals surface area contributed by atoms with Crippen molar-refractivity contribution in [1.82, 2.24) is 9.97 Å². The number of halogens is 2. The van der Waals surface area contributed by atoms with E-state index in [0.29, 0.717) is 12.0 Å². The lowest BCUT2D eigenvalue weighted by Crippen LogP contribution is -2.26. The highest BCUT2D eigenvalue weighted by Crippen LogP contribution is 2.33. The van der Waals surface area contributed by atoms with E-state index in [1.54, 1.807) is 6.07 Å². The van der Waals surface area contributed by atoms with Gasteiger partial charge in [-0.15, -0.1) is 0 Å². The molecule has 0 spiro atoms. The molecule has 0 aliphatic heterocycles. The number of nitrogens with zero attached hydrogens (tertiary/aromatic N) is 1. The summed E-state index contributed by atoms with van der Waals surface area (Å²) in [6.07, 6.45) is 6.10. The van der Waals surface area contributed by atoms with Crippen molar-refractivity contribution >= 4 is 15.9 Å². The van der Waals surface area contributed by atoms with Crippen LogP contribution in [0.15, 0.2) is 28.9 Å². The van der Waals surface area contributed by atoms with Gasteiger partial charge in [-0.3, -0.25) is 0 Å². The van der Waals surface area contributed by atoms with E-state index in [-0.39, 0.29) is 5.82 Å². The summed E-state index contributed by atoms with van der Waals surface area (Å²) in [5.74, 6) is 1.23. The molecule has 5 heteroatoms. The number of nitrogens with one attached hydrogen (secondary N) is 1. The van der Waals surface area contributed by atoms with Crippen LogP contribution < -0.4 is 5.73 Å². The van der Waals surface area contributed by atoms with Gasteiger partial charge in [0, 0.05) is 22.0 Å². The normalized spacial score (nSPS) is 22.9. The fourth-order valence-corrected chi connectivity index (χ4v) is 3.35. The zero-order valence-electron chi connectivity index (χ0n) is 11.1. The van der Waals surface area contributed by atoms with Crippen LogP contribution in [0.5, 0.6) is 0 Å². The maximum absolute atomic E-state index is 13.1. The standard InChI is InChI=1S/C15H17BrFN3/c16-13-7-10(17)3-6-12(13)14-8-19-15(20-14)9-1-4-11(18)5-2-9/h3,6-9,11H,1-2,4-5,18H2,(H,19,20). The van der Waals surface area contributed by atoms with Crippen LogP contribution in [0.4, 0.5) is 4.39 Å². The van der Waals surface area contributed by atoms with Gasteiger partial charge in [-0.25, -0.2) is 9.37 Å². The minimum absolute atomic E-state index is 0.248. The quantitative estimate of drug-likeness (QED) is 0.871. The Morgan fingerprint density at radius 2 is 2.00 bits per heavy atom. The van der Waals surface area contributed by atoms with Crippen LogP contribution >= 0.6 is 15.9 Å². The van der Waals surface area contributed by atoms with Crippen LogP contribution in [0.2, 0.25) is 0 Å². The van der Waals surface area contributed by atoms with Crippen molar-refractivity contribution < 1.29 is 4.39 Å². The fourth-order valence-electron chi connectivity index (χ4n) is 2.78. The predicted molar refractivity (Wildman–Crippen MR) is 80.9 cm³/mol. The third kappa shape index (κ3) is 2.79. The van der Waals surface area contributed by atoms with Gasteiger partial charge in [0.25, 0.3) is 0 Å². The van der Waals surface area contributed by atoms with Crippen LogP contribution in [-0.4, -0.2) is 16.0 Å². The number of aromatic amines is 1. The molecule has 1 saturated carbocycles. The first-order valence-electron chi connectivity index (χ1n) is 6.89. The van der Waals surface area contributed by atoms with Crippen LogP contribution in [0.3, 0.4) is 0 Å². The molecule has 20 heavy (non-hydrogen) atoms. The molecular weight excluding hydrogens is 321 g/mol. The second-order valence-electron chi connectivity index (χ2n) is 5.42. The number of hydrogen-bond acceptors (Lipinski definition) is 2. The number of rotatable bonds is 2. The van der Waals surface area contributed by atoms with E-state index in [1.165, 1.54) is 12.1 Å². The Morgan fingerprint density at radius 3 is 2.70 bits per heavy atom. The lowest BCUT2D eigenvalue weighted by Gasteiger charge is -2.24. The summed E-state index contributed by atoms with van der Waals surface area (Å²) in [7, 11) is 0. The predicted octanol–water partition coefficient (Wildman–Crippen LogP) is 3.96. The summed E-state index contributed by atoms with van der Waals surface area (Å²) in [6.45, 7) is 0. The molecule has 0 saturated heterocycles. The Kier molecular flexibility index (Phi) is 3.89. The number of H-pyrrole nitrogens is 1. The maximum atomic E-state index is 13.1. The summed E-state index contributed by atoms with van der Waals surface area (Å²) in [5.41, 5.74) is 7.78. The second kappa shape index (κ2) is 5.66. The molecule has 3 rings (SSSR count). The number of nitrogens with two attached hydrogens (primary N) is 1. The highest BCUT2D eigenvalue weighted by molar-refractivity contribution is 9.10. The molecule has 3 N–H and O–H groups in total. The summed E-state index contributed by atoms with van der Waals surface area (Å²) in [5, 5.41) is 0. The first-order chi connectivity index (χ1) is 9.63. The Bertz CT molecular complexity index is 603. The van der Waals surface area contributed by atoms with E-state index in [4.69, 9.17) is 5.73 Å². The molecule has 0 bridgehead atoms. The molecule has 0 atom stereocenters. The van der Waals surface area contributed by atoms with Gasteiger partial charge in [0.05, 0.1) is 11.9 Å². The summed E-state index contributed by atoms with van der Waals surface area (Å²) >= 11 is 3.39. The number of benzene rings is 1. The van der Waals surface area contributed by atoms with Crippen molar-refractivity contribution in [3.63, 3.8) is 0 Å². The third-order valence-electron chi connectivity index (χ3n) is 3.98. The molecule has 0 unspecified atom stereocenters. The lowest BCUT2D eigenvalue weighted by molar-refractivity contribution is 0.386. The molecule has 1 heterocycles. The number of hydrogen-bond donors (Lipinski definition) is 2. The van der Waals surface area contributed by atoms with Crippen LogP contribution in [-0.2, 0) is 0 Å². The minimum Gasteiger partial charge on any atom is -0.342 e. The largest absolute Gasteiger partial charge is 0.342 e. The molecule has 2 aromatic rings. The van der Waals surface area contributed by atoms with Gasteiger partial charge in [0.2, 0.25) is 0 Å². The van der Waals surface area contributed by atoms with Gasteiger partial charge in [-0.2, -0.15) is 0 Å². The van der Waals surface area contributed by atoms with Gasteiger partial charge < -0.3 is 10.7 Å². The maximum Gasteiger partial charge on any atom is 0.124 e. The average molecular weight is 338 g/mol. The molecular formula is C15H17BrFN3. The molecule has 1 aliphatic rings. The van der Waals surface area contributed by atoms with Crippen LogP contribution in [0.25, 0.3) is 11.3 Å². The molecule has 0 amide bonds. The number of aromatic nitrogens is 2. The first kappa shape index (κ1) is 13.8. The number of imidazole rings is 1. The molecule has 1 aromatic carbocycles. The zero-order chi connectivity index (χ0) is 14.1. The molecule has 1 aromatic heterocycles. The van der Waals surface area contributed by atoms with Gasteiger partial charge in [0.15, 0.2) is 0 Å². The Morgan fingerprint density at radius 1 is 1.25 bits per heavy atom. The highest BCUT2D eigenvalue weighted by Gasteiger charge is 2.22. The highest BCUT2D eigenvalue weighted by atomic mass is 79.9. The first-order valence-corrected chi connectivity index (χ1v) is 7.68. The van der Waals surface area contributed by atoms with Crippen molar-refractivity contribution in [2.75, 3.05) is 0 Å². The summed E-state index contributed by atoms with van der Waals surface area (Å²) in [6, 6.07) is 5.02. The van der Waals surface area contributed by atoms with Crippen molar-refractivity contribution in [2.45, 2.75) is 37.6 Å². The van der Waals surface area contributed by atoms with E-state index < -0.39 is 0 Å². The molecule has 106 valence electrons. The topological polar surface area (TPSA) is 54.7 Å². The average Bonchev–Trinajstić information content (AvgIpc) is 2.89. The zero-order valence-corrected chi connectivity index (χ0v) is 12.7. The summed E-state index contributed by atoms with van der Waals surface area (Å²) < 4.78 is 13.9. The monoisotopic (exact) mass is 337 g/mol. The Balaban J connectivity index is 1.83. The third-order valence-corrected chi connectivity index (χ3v) is 4.63. The van der Waals surface area contributed by atoms with Crippen LogP contribution in [0, 0.1) is 5.82 Å². The van der Waals surface area contributed by atoms with Gasteiger partial charge in [0.1, 0.15) is 11.6 Å². The van der Waals surface area contributed by atoms with E-state index in [0.717, 1.165) is 47.2 Å². The lowest BCUT2D eigenvalue weighted by atomic mass is 9.86. The van der Waals surface area contributed by atoms with E-state index in [9.17, 15) is 4.39 Å². The van der Waals surface area contributed by atoms with E-state index in [2.05, 4.69) is 25.9 Å². The SMILES string of the molecule is NC1CCC(c2ncc(-c3ccc(F)cc3Br)[nH]2)CC1. The fraction of sp³-hybridized carbons (Fsp3) is 0.400. The van der Waals surface area contributed by atoms with Crippen molar-refractivity contribution in [1.29, 1.82) is 0 Å². The minimum atomic E-state index is -0.248. The van der Waals surface area contributed by atoms with E-state index in [1.807, 2.05) is 6.20 Å². The van der Waals surface area contributed by atoms with Gasteiger partial charge in [-0.05, 0) is 59.8 Å². The second-order valence-corrected chi connectivity index (χ2v) is 6.27. The van der Waals surface area contributed by atoms with Crippen molar-refractivity contribution in [3.8, 4) is 11.3 Å². The smallest absolute Gasteiger partial charge is 0.124 e. The summed E-state index contributed by atoms with van der Waals surface area (Å²) in [4.78, 5) is 7.86. The van der Waals surface area contributed by atoms with Crippen LogP contribution in [0.1, 0.15) is 37.4 Å². The Hall–Kier alpha value is -1.20. The molecule has 3 nitrogen and oxygen atoms in total. The van der Waals surface area contributed by atoms with E-state index >= 15 is 0 Å². The van der Waals surface area contributed by atoms with Gasteiger partial charge >= 0.3 is 0 Å². The molecule has 0 radical (unpaired) electrons. The molecule has 1 aliphatic carbocycles. The van der Waals surface area contributed by atoms with Gasteiger partial charge in [-0.1, -0.05) is 0 Å². The molecule has 1 fully saturated rings.